The second kappa shape index (κ2) is 7.84. The molecule has 1 amide bonds. The zero-order valence-electron chi connectivity index (χ0n) is 16.2. The molecule has 6 nitrogen and oxygen atoms in total. The third kappa shape index (κ3) is 4.57. The van der Waals surface area contributed by atoms with Gasteiger partial charge in [-0.05, 0) is 28.7 Å². The lowest BCUT2D eigenvalue weighted by Gasteiger charge is -2.21. The van der Waals surface area contributed by atoms with E-state index in [1.54, 1.807) is 6.07 Å². The van der Waals surface area contributed by atoms with Gasteiger partial charge in [0.2, 0.25) is 5.91 Å². The number of benzene rings is 2. The third-order valence-electron chi connectivity index (χ3n) is 4.67. The maximum absolute atomic E-state index is 12.6. The van der Waals surface area contributed by atoms with Crippen LogP contribution in [0.25, 0.3) is 11.0 Å². The number of carbonyl (C=O) groups is 2. The molecule has 3 rings (SSSR count). The zero-order valence-corrected chi connectivity index (χ0v) is 16.2. The first-order valence-corrected chi connectivity index (χ1v) is 9.19. The molecule has 2 N–H and O–H groups in total. The van der Waals surface area contributed by atoms with Crippen molar-refractivity contribution in [3.05, 3.63) is 65.4 Å². The molecule has 1 heterocycles. The summed E-state index contributed by atoms with van der Waals surface area (Å²) in [6.07, 6.45) is -0.173. The van der Waals surface area contributed by atoms with E-state index in [2.05, 4.69) is 31.2 Å². The fraction of sp³-hybridized carbons (Fsp3) is 0.318. The molecule has 0 saturated heterocycles. The molecule has 3 aromatic rings. The van der Waals surface area contributed by atoms with Crippen molar-refractivity contribution in [1.82, 2.24) is 10.5 Å². The number of amides is 1. The minimum absolute atomic E-state index is 0.00190. The number of hydrogen-bond acceptors (Lipinski definition) is 4. The molecule has 0 aliphatic heterocycles. The fourth-order valence-corrected chi connectivity index (χ4v) is 3.11. The lowest BCUT2D eigenvalue weighted by Crippen LogP contribution is -2.31. The summed E-state index contributed by atoms with van der Waals surface area (Å²) >= 11 is 0. The van der Waals surface area contributed by atoms with Crippen LogP contribution in [0.5, 0.6) is 0 Å². The van der Waals surface area contributed by atoms with Crippen molar-refractivity contribution in [2.45, 2.75) is 45.1 Å². The Hall–Kier alpha value is -3.15. The first-order valence-electron chi connectivity index (χ1n) is 9.19. The minimum Gasteiger partial charge on any atom is -0.481 e. The Morgan fingerprint density at radius 3 is 2.43 bits per heavy atom. The zero-order chi connectivity index (χ0) is 20.3. The lowest BCUT2D eigenvalue weighted by molar-refractivity contribution is -0.137. The van der Waals surface area contributed by atoms with E-state index in [9.17, 15) is 14.7 Å². The van der Waals surface area contributed by atoms with E-state index in [1.165, 1.54) is 0 Å². The predicted molar refractivity (Wildman–Crippen MR) is 106 cm³/mol. The van der Waals surface area contributed by atoms with Crippen LogP contribution < -0.4 is 5.32 Å². The molecule has 1 unspecified atom stereocenters. The maximum atomic E-state index is 12.6. The summed E-state index contributed by atoms with van der Waals surface area (Å²) in [6, 6.07) is 14.4. The number of aromatic nitrogens is 1. The summed E-state index contributed by atoms with van der Waals surface area (Å²) in [5.74, 6) is -1.28. The highest BCUT2D eigenvalue weighted by atomic mass is 16.5. The Labute approximate surface area is 163 Å². The monoisotopic (exact) mass is 380 g/mol. The van der Waals surface area contributed by atoms with Gasteiger partial charge < -0.3 is 14.9 Å². The van der Waals surface area contributed by atoms with Gasteiger partial charge in [-0.25, -0.2) is 0 Å². The van der Waals surface area contributed by atoms with E-state index in [0.717, 1.165) is 16.5 Å². The number of para-hydroxylation sites is 1. The summed E-state index contributed by atoms with van der Waals surface area (Å²) in [7, 11) is 0. The van der Waals surface area contributed by atoms with Crippen LogP contribution in [0.4, 0.5) is 0 Å². The van der Waals surface area contributed by atoms with E-state index < -0.39 is 12.0 Å². The van der Waals surface area contributed by atoms with Crippen LogP contribution >= 0.6 is 0 Å². The molecule has 0 aliphatic rings. The maximum Gasteiger partial charge on any atom is 0.305 e. The standard InChI is InChI=1S/C22H24N2O4/c1-22(2,3)15-10-8-14(9-11-15)17(13-21(26)27)23-20(25)12-18-16-6-4-5-7-19(16)28-24-18/h4-11,17H,12-13H2,1-3H3,(H,23,25)(H,26,27). The molecule has 0 saturated carbocycles. The molecule has 0 radical (unpaired) electrons. The Balaban J connectivity index is 1.76. The molecule has 2 aromatic carbocycles. The Morgan fingerprint density at radius 2 is 1.79 bits per heavy atom. The summed E-state index contributed by atoms with van der Waals surface area (Å²) < 4.78 is 5.22. The second-order valence-corrected chi connectivity index (χ2v) is 7.89. The molecule has 6 heteroatoms. The van der Waals surface area contributed by atoms with Crippen LogP contribution in [0.2, 0.25) is 0 Å². The van der Waals surface area contributed by atoms with Crippen molar-refractivity contribution in [1.29, 1.82) is 0 Å². The van der Waals surface area contributed by atoms with Crippen LogP contribution in [0.3, 0.4) is 0 Å². The number of rotatable bonds is 6. The van der Waals surface area contributed by atoms with E-state index in [0.29, 0.717) is 11.3 Å². The highest BCUT2D eigenvalue weighted by molar-refractivity contribution is 5.86. The van der Waals surface area contributed by atoms with Crippen molar-refractivity contribution in [3.8, 4) is 0 Å². The Bertz CT molecular complexity index is 984. The van der Waals surface area contributed by atoms with Gasteiger partial charge in [0.1, 0.15) is 5.69 Å². The van der Waals surface area contributed by atoms with Crippen molar-refractivity contribution < 1.29 is 19.2 Å². The smallest absolute Gasteiger partial charge is 0.305 e. The molecule has 146 valence electrons. The predicted octanol–water partition coefficient (Wildman–Crippen LogP) is 4.00. The molecule has 1 atom stereocenters. The van der Waals surface area contributed by atoms with Crippen molar-refractivity contribution in [2.24, 2.45) is 0 Å². The largest absolute Gasteiger partial charge is 0.481 e. The summed E-state index contributed by atoms with van der Waals surface area (Å²) in [5, 5.41) is 16.8. The van der Waals surface area contributed by atoms with Crippen molar-refractivity contribution >= 4 is 22.8 Å². The van der Waals surface area contributed by atoms with Gasteiger partial charge in [-0.1, -0.05) is 62.3 Å². The SMILES string of the molecule is CC(C)(C)c1ccc(C(CC(=O)O)NC(=O)Cc2noc3ccccc23)cc1. The number of carboxylic acid groups (broad SMARTS) is 1. The third-order valence-corrected chi connectivity index (χ3v) is 4.67. The summed E-state index contributed by atoms with van der Waals surface area (Å²) in [5.41, 5.74) is 3.05. The van der Waals surface area contributed by atoms with Gasteiger partial charge >= 0.3 is 5.97 Å². The molecule has 0 fully saturated rings. The lowest BCUT2D eigenvalue weighted by atomic mass is 9.86. The Kier molecular flexibility index (Phi) is 5.49. The van der Waals surface area contributed by atoms with Crippen molar-refractivity contribution in [2.75, 3.05) is 0 Å². The number of carboxylic acids is 1. The number of nitrogens with one attached hydrogen (secondary N) is 1. The molecular weight excluding hydrogens is 356 g/mol. The van der Waals surface area contributed by atoms with Gasteiger partial charge in [0.05, 0.1) is 18.9 Å². The number of fused-ring (bicyclic) bond motifs is 1. The molecule has 0 bridgehead atoms. The van der Waals surface area contributed by atoms with E-state index >= 15 is 0 Å². The average molecular weight is 380 g/mol. The average Bonchev–Trinajstić information content (AvgIpc) is 3.03. The van der Waals surface area contributed by atoms with Gasteiger partial charge in [0.15, 0.2) is 5.58 Å². The van der Waals surface area contributed by atoms with Gasteiger partial charge in [0.25, 0.3) is 0 Å². The normalized spacial score (nSPS) is 12.7. The van der Waals surface area contributed by atoms with Gasteiger partial charge in [-0.15, -0.1) is 0 Å². The van der Waals surface area contributed by atoms with E-state index in [4.69, 9.17) is 4.52 Å². The molecular formula is C22H24N2O4. The van der Waals surface area contributed by atoms with E-state index in [1.807, 2.05) is 42.5 Å². The van der Waals surface area contributed by atoms with Crippen LogP contribution in [0.1, 0.15) is 50.1 Å². The van der Waals surface area contributed by atoms with Gasteiger partial charge in [-0.3, -0.25) is 9.59 Å². The number of hydrogen-bond donors (Lipinski definition) is 2. The van der Waals surface area contributed by atoms with Crippen LogP contribution in [0.15, 0.2) is 53.1 Å². The number of carbonyl (C=O) groups excluding carboxylic acids is 1. The summed E-state index contributed by atoms with van der Waals surface area (Å²) in [4.78, 5) is 23.9. The quantitative estimate of drug-likeness (QED) is 0.674. The van der Waals surface area contributed by atoms with Crippen LogP contribution in [0, 0.1) is 0 Å². The van der Waals surface area contributed by atoms with E-state index in [-0.39, 0.29) is 24.2 Å². The van der Waals surface area contributed by atoms with Crippen LogP contribution in [-0.4, -0.2) is 22.1 Å². The molecule has 1 aromatic heterocycles. The molecule has 0 spiro atoms. The fourth-order valence-electron chi connectivity index (χ4n) is 3.11. The van der Waals surface area contributed by atoms with Crippen LogP contribution in [-0.2, 0) is 21.4 Å². The minimum atomic E-state index is -0.975. The summed E-state index contributed by atoms with van der Waals surface area (Å²) in [6.45, 7) is 6.34. The Morgan fingerprint density at radius 1 is 1.11 bits per heavy atom. The highest BCUT2D eigenvalue weighted by Gasteiger charge is 2.21. The topological polar surface area (TPSA) is 92.4 Å². The first kappa shape index (κ1) is 19.6. The number of nitrogens with zero attached hydrogens (tertiary/aromatic N) is 1. The first-order chi connectivity index (χ1) is 13.2. The molecule has 28 heavy (non-hydrogen) atoms. The molecule has 0 aliphatic carbocycles. The second-order valence-electron chi connectivity index (χ2n) is 7.89. The number of aliphatic carboxylic acids is 1. The highest BCUT2D eigenvalue weighted by Crippen LogP contribution is 2.25. The van der Waals surface area contributed by atoms with Gasteiger partial charge in [0, 0.05) is 5.39 Å². The van der Waals surface area contributed by atoms with Gasteiger partial charge in [-0.2, -0.15) is 0 Å². The van der Waals surface area contributed by atoms with Crippen molar-refractivity contribution in [3.63, 3.8) is 0 Å².